The highest BCUT2D eigenvalue weighted by Crippen LogP contribution is 2.33. The van der Waals surface area contributed by atoms with Gasteiger partial charge in [0, 0.05) is 14.1 Å². The molecule has 0 aliphatic carbocycles. The number of hydrogen-bond donors (Lipinski definition) is 2. The lowest BCUT2D eigenvalue weighted by Crippen LogP contribution is -2.17. The lowest BCUT2D eigenvalue weighted by atomic mass is 10.2. The Morgan fingerprint density at radius 2 is 2.05 bits per heavy atom. The molecule has 0 atom stereocenters. The molecular formula is C12H15ClN4O2S. The molecule has 2 aromatic rings. The number of aryl methyl sites for hydroxylation is 1. The van der Waals surface area contributed by atoms with Gasteiger partial charge in [0.1, 0.15) is 4.90 Å². The molecule has 1 aromatic carbocycles. The van der Waals surface area contributed by atoms with Crippen molar-refractivity contribution in [2.75, 3.05) is 23.7 Å². The molecule has 0 amide bonds. The normalized spacial score (nSPS) is 11.4. The van der Waals surface area contributed by atoms with Crippen LogP contribution in [-0.2, 0) is 10.0 Å². The van der Waals surface area contributed by atoms with Crippen LogP contribution in [0.25, 0.3) is 0 Å². The number of aromatic amines is 1. The van der Waals surface area contributed by atoms with Crippen LogP contribution < -0.4 is 9.62 Å². The SMILES string of the molecule is Cc1[nH]ncc1S(=O)(=O)Nc1cccc(Cl)c1N(C)C. The summed E-state index contributed by atoms with van der Waals surface area (Å²) in [6.45, 7) is 1.65. The van der Waals surface area contributed by atoms with Crippen LogP contribution >= 0.6 is 11.6 Å². The van der Waals surface area contributed by atoms with Crippen LogP contribution in [0.5, 0.6) is 0 Å². The van der Waals surface area contributed by atoms with Gasteiger partial charge in [-0.15, -0.1) is 0 Å². The minimum atomic E-state index is -3.70. The number of sulfonamides is 1. The summed E-state index contributed by atoms with van der Waals surface area (Å²) in [5.74, 6) is 0. The van der Waals surface area contributed by atoms with Crippen LogP contribution in [0.1, 0.15) is 5.69 Å². The molecule has 2 N–H and O–H groups in total. The molecule has 0 saturated heterocycles. The fourth-order valence-corrected chi connectivity index (χ4v) is 3.41. The van der Waals surface area contributed by atoms with Gasteiger partial charge in [-0.1, -0.05) is 17.7 Å². The summed E-state index contributed by atoms with van der Waals surface area (Å²) in [7, 11) is -0.115. The first-order chi connectivity index (χ1) is 9.33. The van der Waals surface area contributed by atoms with Crippen molar-refractivity contribution in [1.82, 2.24) is 10.2 Å². The second-order valence-corrected chi connectivity index (χ2v) is 6.55. The number of benzene rings is 1. The van der Waals surface area contributed by atoms with E-state index in [1.54, 1.807) is 44.1 Å². The highest BCUT2D eigenvalue weighted by atomic mass is 35.5. The van der Waals surface area contributed by atoms with Crippen molar-refractivity contribution in [1.29, 1.82) is 0 Å². The maximum absolute atomic E-state index is 12.3. The van der Waals surface area contributed by atoms with Gasteiger partial charge in [-0.25, -0.2) is 8.42 Å². The second kappa shape index (κ2) is 5.34. The van der Waals surface area contributed by atoms with E-state index in [1.165, 1.54) is 6.20 Å². The fraction of sp³-hybridized carbons (Fsp3) is 0.250. The van der Waals surface area contributed by atoms with Crippen molar-refractivity contribution in [3.05, 3.63) is 35.1 Å². The molecule has 0 unspecified atom stereocenters. The third-order valence-electron chi connectivity index (χ3n) is 2.75. The average molecular weight is 315 g/mol. The molecule has 2 rings (SSSR count). The van der Waals surface area contributed by atoms with Crippen LogP contribution in [0.4, 0.5) is 11.4 Å². The molecule has 0 bridgehead atoms. The Bertz CT molecular complexity index is 725. The number of nitrogens with zero attached hydrogens (tertiary/aromatic N) is 2. The summed E-state index contributed by atoms with van der Waals surface area (Å²) in [5, 5.41) is 6.80. The summed E-state index contributed by atoms with van der Waals surface area (Å²) in [6.07, 6.45) is 1.28. The summed E-state index contributed by atoms with van der Waals surface area (Å²) in [5.41, 5.74) is 1.51. The van der Waals surface area contributed by atoms with Crippen molar-refractivity contribution in [3.63, 3.8) is 0 Å². The zero-order valence-electron chi connectivity index (χ0n) is 11.3. The van der Waals surface area contributed by atoms with E-state index in [4.69, 9.17) is 11.6 Å². The second-order valence-electron chi connectivity index (χ2n) is 4.50. The molecule has 8 heteroatoms. The largest absolute Gasteiger partial charge is 0.375 e. The predicted molar refractivity (Wildman–Crippen MR) is 79.9 cm³/mol. The summed E-state index contributed by atoms with van der Waals surface area (Å²) >= 11 is 6.11. The molecule has 0 saturated carbocycles. The van der Waals surface area contributed by atoms with Crippen LogP contribution in [0.15, 0.2) is 29.3 Å². The van der Waals surface area contributed by atoms with Crippen LogP contribution in [0.3, 0.4) is 0 Å². The van der Waals surface area contributed by atoms with Gasteiger partial charge in [-0.3, -0.25) is 9.82 Å². The molecular weight excluding hydrogens is 300 g/mol. The number of rotatable bonds is 4. The van der Waals surface area contributed by atoms with Crippen molar-refractivity contribution < 1.29 is 8.42 Å². The lowest BCUT2D eigenvalue weighted by molar-refractivity contribution is 0.600. The van der Waals surface area contributed by atoms with Crippen molar-refractivity contribution >= 4 is 33.0 Å². The van der Waals surface area contributed by atoms with E-state index in [9.17, 15) is 8.42 Å². The third-order valence-corrected chi connectivity index (χ3v) is 4.54. The number of halogens is 1. The van der Waals surface area contributed by atoms with Gasteiger partial charge in [-0.05, 0) is 19.1 Å². The van der Waals surface area contributed by atoms with E-state index in [0.717, 1.165) is 0 Å². The quantitative estimate of drug-likeness (QED) is 0.907. The number of aromatic nitrogens is 2. The number of anilines is 2. The number of hydrogen-bond acceptors (Lipinski definition) is 4. The van der Waals surface area contributed by atoms with E-state index < -0.39 is 10.0 Å². The average Bonchev–Trinajstić information content (AvgIpc) is 2.75. The highest BCUT2D eigenvalue weighted by Gasteiger charge is 2.21. The van der Waals surface area contributed by atoms with Gasteiger partial charge in [0.25, 0.3) is 10.0 Å². The van der Waals surface area contributed by atoms with Crippen LogP contribution in [0, 0.1) is 6.92 Å². The van der Waals surface area contributed by atoms with Crippen molar-refractivity contribution in [3.8, 4) is 0 Å². The van der Waals surface area contributed by atoms with E-state index in [-0.39, 0.29) is 4.90 Å². The van der Waals surface area contributed by atoms with E-state index in [0.29, 0.717) is 22.1 Å². The van der Waals surface area contributed by atoms with Gasteiger partial charge < -0.3 is 4.90 Å². The van der Waals surface area contributed by atoms with Gasteiger partial charge in [0.15, 0.2) is 0 Å². The Labute approximate surface area is 122 Å². The molecule has 0 spiro atoms. The van der Waals surface area contributed by atoms with Crippen LogP contribution in [0.2, 0.25) is 5.02 Å². The summed E-state index contributed by atoms with van der Waals surface area (Å²) in [6, 6.07) is 5.06. The zero-order chi connectivity index (χ0) is 14.9. The summed E-state index contributed by atoms with van der Waals surface area (Å²) in [4.78, 5) is 1.87. The van der Waals surface area contributed by atoms with Crippen molar-refractivity contribution in [2.45, 2.75) is 11.8 Å². The van der Waals surface area contributed by atoms with E-state index >= 15 is 0 Å². The Hall–Kier alpha value is -1.73. The molecule has 6 nitrogen and oxygen atoms in total. The monoisotopic (exact) mass is 314 g/mol. The number of nitrogens with one attached hydrogen (secondary N) is 2. The lowest BCUT2D eigenvalue weighted by Gasteiger charge is -2.19. The Morgan fingerprint density at radius 3 is 2.60 bits per heavy atom. The van der Waals surface area contributed by atoms with Gasteiger partial charge in [0.05, 0.1) is 28.3 Å². The molecule has 108 valence electrons. The minimum Gasteiger partial charge on any atom is -0.375 e. The Balaban J connectivity index is 2.46. The van der Waals surface area contributed by atoms with Gasteiger partial charge in [0.2, 0.25) is 0 Å². The predicted octanol–water partition coefficient (Wildman–Crippen LogP) is 2.24. The topological polar surface area (TPSA) is 78.1 Å². The molecule has 0 fully saturated rings. The standard InChI is InChI=1S/C12H15ClN4O2S/c1-8-11(7-14-15-8)20(18,19)16-10-6-4-5-9(13)12(10)17(2)3/h4-7,16H,1-3H3,(H,14,15). The Morgan fingerprint density at radius 1 is 1.35 bits per heavy atom. The minimum absolute atomic E-state index is 0.113. The molecule has 20 heavy (non-hydrogen) atoms. The molecule has 0 aliphatic rings. The first-order valence-corrected chi connectivity index (χ1v) is 7.67. The zero-order valence-corrected chi connectivity index (χ0v) is 12.9. The van der Waals surface area contributed by atoms with E-state index in [2.05, 4.69) is 14.9 Å². The maximum atomic E-state index is 12.3. The third kappa shape index (κ3) is 2.73. The molecule has 1 heterocycles. The molecule has 1 aromatic heterocycles. The number of para-hydroxylation sites is 1. The molecule has 0 aliphatic heterocycles. The Kier molecular flexibility index (Phi) is 3.92. The number of H-pyrrole nitrogens is 1. The highest BCUT2D eigenvalue weighted by molar-refractivity contribution is 7.92. The smallest absolute Gasteiger partial charge is 0.265 e. The van der Waals surface area contributed by atoms with Crippen LogP contribution in [-0.4, -0.2) is 32.7 Å². The maximum Gasteiger partial charge on any atom is 0.265 e. The van der Waals surface area contributed by atoms with Gasteiger partial charge >= 0.3 is 0 Å². The fourth-order valence-electron chi connectivity index (χ4n) is 1.86. The first-order valence-electron chi connectivity index (χ1n) is 5.81. The first kappa shape index (κ1) is 14.7. The van der Waals surface area contributed by atoms with Gasteiger partial charge in [-0.2, -0.15) is 5.10 Å². The molecule has 0 radical (unpaired) electrons. The van der Waals surface area contributed by atoms with Crippen molar-refractivity contribution in [2.24, 2.45) is 0 Å². The summed E-state index contributed by atoms with van der Waals surface area (Å²) < 4.78 is 27.2. The van der Waals surface area contributed by atoms with E-state index in [1.807, 2.05) is 0 Å².